The standard InChI is InChI=1S/C12H22ClNO/c1-2-3-4-5-7-11(15)14-12(10-13)8-6-9-12/h2-10H2,1H3,(H,14,15). The topological polar surface area (TPSA) is 29.1 Å². The highest BCUT2D eigenvalue weighted by molar-refractivity contribution is 6.18. The largest absolute Gasteiger partial charge is 0.349 e. The summed E-state index contributed by atoms with van der Waals surface area (Å²) < 4.78 is 0. The molecule has 88 valence electrons. The summed E-state index contributed by atoms with van der Waals surface area (Å²) in [6, 6.07) is 0. The van der Waals surface area contributed by atoms with Gasteiger partial charge in [0.2, 0.25) is 5.91 Å². The van der Waals surface area contributed by atoms with Gasteiger partial charge in [-0.2, -0.15) is 0 Å². The Balaban J connectivity index is 2.12. The molecule has 0 saturated heterocycles. The van der Waals surface area contributed by atoms with Gasteiger partial charge in [-0.25, -0.2) is 0 Å². The molecule has 1 aliphatic carbocycles. The van der Waals surface area contributed by atoms with Crippen molar-refractivity contribution in [1.82, 2.24) is 5.32 Å². The van der Waals surface area contributed by atoms with E-state index in [1.165, 1.54) is 19.3 Å². The van der Waals surface area contributed by atoms with Gasteiger partial charge in [0.05, 0.1) is 5.54 Å². The second-order valence-electron chi connectivity index (χ2n) is 4.63. The Morgan fingerprint density at radius 1 is 1.33 bits per heavy atom. The van der Waals surface area contributed by atoms with E-state index in [1.54, 1.807) is 0 Å². The Hall–Kier alpha value is -0.240. The summed E-state index contributed by atoms with van der Waals surface area (Å²) >= 11 is 5.87. The third-order valence-electron chi connectivity index (χ3n) is 3.23. The van der Waals surface area contributed by atoms with E-state index in [2.05, 4.69) is 12.2 Å². The lowest BCUT2D eigenvalue weighted by atomic mass is 9.78. The molecule has 0 aromatic heterocycles. The average Bonchev–Trinajstić information content (AvgIpc) is 2.18. The first-order chi connectivity index (χ1) is 7.22. The normalized spacial score (nSPS) is 18.3. The predicted molar refractivity (Wildman–Crippen MR) is 64.2 cm³/mol. The molecule has 0 aliphatic heterocycles. The highest BCUT2D eigenvalue weighted by atomic mass is 35.5. The average molecular weight is 232 g/mol. The number of rotatable bonds is 7. The van der Waals surface area contributed by atoms with E-state index in [0.717, 1.165) is 25.7 Å². The van der Waals surface area contributed by atoms with E-state index < -0.39 is 0 Å². The Bertz CT molecular complexity index is 196. The number of nitrogens with one attached hydrogen (secondary N) is 1. The number of hydrogen-bond acceptors (Lipinski definition) is 1. The van der Waals surface area contributed by atoms with Crippen LogP contribution in [0.1, 0.15) is 58.3 Å². The van der Waals surface area contributed by atoms with Crippen LogP contribution >= 0.6 is 11.6 Å². The van der Waals surface area contributed by atoms with Crippen LogP contribution in [0.15, 0.2) is 0 Å². The van der Waals surface area contributed by atoms with Gasteiger partial charge >= 0.3 is 0 Å². The third kappa shape index (κ3) is 4.02. The van der Waals surface area contributed by atoms with E-state index in [9.17, 15) is 4.79 Å². The van der Waals surface area contributed by atoms with E-state index in [4.69, 9.17) is 11.6 Å². The Kier molecular flexibility index (Phi) is 5.44. The van der Waals surface area contributed by atoms with E-state index in [1.807, 2.05) is 0 Å². The molecule has 0 aromatic rings. The molecule has 0 bridgehead atoms. The van der Waals surface area contributed by atoms with E-state index >= 15 is 0 Å². The van der Waals surface area contributed by atoms with Crippen LogP contribution in [0.2, 0.25) is 0 Å². The van der Waals surface area contributed by atoms with Crippen molar-refractivity contribution < 1.29 is 4.79 Å². The highest BCUT2D eigenvalue weighted by Crippen LogP contribution is 2.32. The number of carbonyl (C=O) groups excluding carboxylic acids is 1. The predicted octanol–water partition coefficient (Wildman–Crippen LogP) is 3.23. The number of hydrogen-bond donors (Lipinski definition) is 1. The summed E-state index contributed by atoms with van der Waals surface area (Å²) in [7, 11) is 0. The van der Waals surface area contributed by atoms with Crippen molar-refractivity contribution in [3.05, 3.63) is 0 Å². The Morgan fingerprint density at radius 2 is 2.07 bits per heavy atom. The molecule has 0 heterocycles. The Labute approximate surface area is 97.8 Å². The van der Waals surface area contributed by atoms with Gasteiger partial charge in [0.15, 0.2) is 0 Å². The van der Waals surface area contributed by atoms with Crippen LogP contribution in [0, 0.1) is 0 Å². The van der Waals surface area contributed by atoms with Crippen LogP contribution in [-0.4, -0.2) is 17.3 Å². The van der Waals surface area contributed by atoms with Gasteiger partial charge in [0.1, 0.15) is 0 Å². The first kappa shape index (κ1) is 12.8. The van der Waals surface area contributed by atoms with Gasteiger partial charge in [0.25, 0.3) is 0 Å². The minimum atomic E-state index is -0.0522. The molecule has 0 aromatic carbocycles. The molecule has 2 nitrogen and oxygen atoms in total. The van der Waals surface area contributed by atoms with E-state index in [0.29, 0.717) is 12.3 Å². The number of carbonyl (C=O) groups is 1. The maximum atomic E-state index is 11.6. The van der Waals surface area contributed by atoms with Gasteiger partial charge in [0, 0.05) is 12.3 Å². The van der Waals surface area contributed by atoms with Crippen molar-refractivity contribution in [1.29, 1.82) is 0 Å². The molecule has 1 saturated carbocycles. The fourth-order valence-electron chi connectivity index (χ4n) is 1.97. The first-order valence-electron chi connectivity index (χ1n) is 6.09. The molecular formula is C12H22ClNO. The second kappa shape index (κ2) is 6.37. The maximum Gasteiger partial charge on any atom is 0.220 e. The van der Waals surface area contributed by atoms with Crippen LogP contribution in [0.3, 0.4) is 0 Å². The summed E-state index contributed by atoms with van der Waals surface area (Å²) in [6.45, 7) is 2.18. The number of halogens is 1. The zero-order chi connectivity index (χ0) is 11.1. The molecule has 0 atom stereocenters. The molecule has 1 aliphatic rings. The summed E-state index contributed by atoms with van der Waals surface area (Å²) in [5.74, 6) is 0.750. The second-order valence-corrected chi connectivity index (χ2v) is 4.89. The fraction of sp³-hybridized carbons (Fsp3) is 0.917. The smallest absolute Gasteiger partial charge is 0.220 e. The summed E-state index contributed by atoms with van der Waals surface area (Å²) in [5, 5.41) is 3.09. The van der Waals surface area contributed by atoms with Crippen molar-refractivity contribution in [2.45, 2.75) is 63.8 Å². The molecule has 0 spiro atoms. The highest BCUT2D eigenvalue weighted by Gasteiger charge is 2.37. The van der Waals surface area contributed by atoms with Crippen LogP contribution in [-0.2, 0) is 4.79 Å². The van der Waals surface area contributed by atoms with Crippen molar-refractivity contribution >= 4 is 17.5 Å². The Morgan fingerprint density at radius 3 is 2.53 bits per heavy atom. The van der Waals surface area contributed by atoms with Crippen molar-refractivity contribution in [3.8, 4) is 0 Å². The van der Waals surface area contributed by atoms with Gasteiger partial charge < -0.3 is 5.32 Å². The minimum absolute atomic E-state index is 0.0522. The van der Waals surface area contributed by atoms with Gasteiger partial charge in [-0.15, -0.1) is 11.6 Å². The molecule has 15 heavy (non-hydrogen) atoms. The van der Waals surface area contributed by atoms with Crippen LogP contribution in [0.4, 0.5) is 0 Å². The molecule has 1 amide bonds. The van der Waals surface area contributed by atoms with Crippen LogP contribution < -0.4 is 5.32 Å². The van der Waals surface area contributed by atoms with E-state index in [-0.39, 0.29) is 11.4 Å². The third-order valence-corrected chi connectivity index (χ3v) is 3.74. The molecule has 1 N–H and O–H groups in total. The monoisotopic (exact) mass is 231 g/mol. The van der Waals surface area contributed by atoms with Gasteiger partial charge in [-0.1, -0.05) is 26.2 Å². The maximum absolute atomic E-state index is 11.6. The first-order valence-corrected chi connectivity index (χ1v) is 6.63. The lowest BCUT2D eigenvalue weighted by molar-refractivity contribution is -0.123. The summed E-state index contributed by atoms with van der Waals surface area (Å²) in [6.07, 6.45) is 8.59. The number of alkyl halides is 1. The minimum Gasteiger partial charge on any atom is -0.349 e. The van der Waals surface area contributed by atoms with Crippen molar-refractivity contribution in [2.24, 2.45) is 0 Å². The molecular weight excluding hydrogens is 210 g/mol. The zero-order valence-electron chi connectivity index (χ0n) is 9.65. The van der Waals surface area contributed by atoms with Crippen molar-refractivity contribution in [3.63, 3.8) is 0 Å². The quantitative estimate of drug-likeness (QED) is 0.529. The molecule has 3 heteroatoms. The molecule has 1 fully saturated rings. The lowest BCUT2D eigenvalue weighted by Crippen LogP contribution is -2.54. The van der Waals surface area contributed by atoms with Crippen LogP contribution in [0.25, 0.3) is 0 Å². The summed E-state index contributed by atoms with van der Waals surface area (Å²) in [5.41, 5.74) is -0.0522. The molecule has 0 radical (unpaired) electrons. The molecule has 0 unspecified atom stereocenters. The number of amides is 1. The van der Waals surface area contributed by atoms with Gasteiger partial charge in [-0.05, 0) is 25.7 Å². The van der Waals surface area contributed by atoms with Crippen LogP contribution in [0.5, 0.6) is 0 Å². The summed E-state index contributed by atoms with van der Waals surface area (Å²) in [4.78, 5) is 11.6. The SMILES string of the molecule is CCCCCCC(=O)NC1(CCl)CCC1. The fourth-order valence-corrected chi connectivity index (χ4v) is 2.30. The van der Waals surface area contributed by atoms with Crippen molar-refractivity contribution in [2.75, 3.05) is 5.88 Å². The van der Waals surface area contributed by atoms with Gasteiger partial charge in [-0.3, -0.25) is 4.79 Å². The zero-order valence-corrected chi connectivity index (χ0v) is 10.4. The molecule has 1 rings (SSSR count). The lowest BCUT2D eigenvalue weighted by Gasteiger charge is -2.41. The number of unbranched alkanes of at least 4 members (excludes halogenated alkanes) is 3.